The number of hydrazine groups is 1. The Bertz CT molecular complexity index is 2000. The number of alkyl halides is 5. The number of halogens is 7. The van der Waals surface area contributed by atoms with Gasteiger partial charge in [0.05, 0.1) is 22.5 Å². The van der Waals surface area contributed by atoms with E-state index in [2.05, 4.69) is 4.98 Å². The molecule has 16 heteroatoms. The highest BCUT2D eigenvalue weighted by Crippen LogP contribution is 2.66. The Labute approximate surface area is 290 Å². The minimum atomic E-state index is -4.84. The predicted octanol–water partition coefficient (Wildman–Crippen LogP) is 6.21. The molecule has 1 aromatic heterocycles. The van der Waals surface area contributed by atoms with Crippen molar-refractivity contribution in [3.05, 3.63) is 94.4 Å². The van der Waals surface area contributed by atoms with E-state index in [4.69, 9.17) is 34.8 Å². The Morgan fingerprint density at radius 1 is 0.959 bits per heavy atom. The molecule has 254 valence electrons. The Hall–Kier alpha value is -4.20. The number of phenols is 1. The van der Waals surface area contributed by atoms with Crippen LogP contribution in [0.25, 0.3) is 0 Å². The number of pyridine rings is 1. The van der Waals surface area contributed by atoms with Crippen LogP contribution in [0.4, 0.5) is 29.1 Å². The zero-order valence-electron chi connectivity index (χ0n) is 25.1. The van der Waals surface area contributed by atoms with Gasteiger partial charge in [-0.15, -0.1) is 23.2 Å². The molecule has 9 nitrogen and oxygen atoms in total. The van der Waals surface area contributed by atoms with Gasteiger partial charge >= 0.3 is 6.18 Å². The number of amides is 4. The molecule has 2 aliphatic carbocycles. The molecule has 2 aromatic carbocycles. The van der Waals surface area contributed by atoms with Gasteiger partial charge in [0.1, 0.15) is 17.3 Å². The lowest BCUT2D eigenvalue weighted by molar-refractivity contribution is -0.141. The molecule has 3 heterocycles. The highest BCUT2D eigenvalue weighted by atomic mass is 35.5. The minimum Gasteiger partial charge on any atom is -0.508 e. The summed E-state index contributed by atoms with van der Waals surface area (Å²) in [5.41, 5.74) is -0.581. The SMILES string of the molecule is CN(c1nc(C(F)(F)F)ccc1Cl)N1C(=O)[C@H]2[C@H](CC=C3[C@H]2C[C@@]2(Cl)C(=O)N(c4ccc(F)cc4)C(=O)[C@@]2(Cl)[C@H]3c2cccc(O)c2)C1=O. The Kier molecular flexibility index (Phi) is 7.58. The molecule has 4 amide bonds. The number of carbonyl (C=O) groups is 4. The van der Waals surface area contributed by atoms with E-state index < -0.39 is 80.6 Å². The molecule has 1 N–H and O–H groups in total. The first-order valence-corrected chi connectivity index (χ1v) is 16.0. The largest absolute Gasteiger partial charge is 0.508 e. The van der Waals surface area contributed by atoms with E-state index in [9.17, 15) is 41.8 Å². The normalized spacial score (nSPS) is 29.5. The number of aromatic hydroxyl groups is 1. The van der Waals surface area contributed by atoms with Crippen LogP contribution in [0.15, 0.2) is 72.3 Å². The molecule has 2 aliphatic heterocycles. The summed E-state index contributed by atoms with van der Waals surface area (Å²) >= 11 is 20.7. The lowest BCUT2D eigenvalue weighted by Gasteiger charge is -2.50. The van der Waals surface area contributed by atoms with Crippen LogP contribution in [0.5, 0.6) is 5.75 Å². The molecule has 2 saturated heterocycles. The fraction of sp³-hybridized carbons (Fsp3) is 0.303. The van der Waals surface area contributed by atoms with Crippen LogP contribution in [0.1, 0.15) is 30.0 Å². The van der Waals surface area contributed by atoms with Crippen molar-refractivity contribution in [3.8, 4) is 5.75 Å². The Balaban J connectivity index is 1.34. The number of anilines is 2. The molecule has 0 spiro atoms. The maximum absolute atomic E-state index is 14.3. The zero-order chi connectivity index (χ0) is 35.4. The van der Waals surface area contributed by atoms with Crippen LogP contribution < -0.4 is 9.91 Å². The van der Waals surface area contributed by atoms with Gasteiger partial charge in [-0.2, -0.15) is 18.2 Å². The van der Waals surface area contributed by atoms with E-state index in [1.54, 1.807) is 12.1 Å². The van der Waals surface area contributed by atoms with Crippen molar-refractivity contribution in [2.45, 2.75) is 34.7 Å². The van der Waals surface area contributed by atoms with Crippen LogP contribution >= 0.6 is 34.8 Å². The minimum absolute atomic E-state index is 0.000670. The van der Waals surface area contributed by atoms with E-state index in [1.165, 1.54) is 37.4 Å². The van der Waals surface area contributed by atoms with Gasteiger partial charge in [0.25, 0.3) is 23.6 Å². The number of rotatable bonds is 4. The van der Waals surface area contributed by atoms with Crippen molar-refractivity contribution in [1.29, 1.82) is 0 Å². The quantitative estimate of drug-likeness (QED) is 0.147. The second kappa shape index (κ2) is 11.2. The average Bonchev–Trinajstić information content (AvgIpc) is 3.38. The molecule has 1 saturated carbocycles. The van der Waals surface area contributed by atoms with Crippen molar-refractivity contribution in [2.24, 2.45) is 17.8 Å². The summed E-state index contributed by atoms with van der Waals surface area (Å²) in [6.07, 6.45) is -3.60. The summed E-state index contributed by atoms with van der Waals surface area (Å²) in [4.78, 5) is 56.7. The molecule has 0 bridgehead atoms. The standard InChI is InChI=1S/C33H23Cl3F4N4O5/c1-42(26-22(34)11-12-23(41-26)33(38,39)40)44-27(46)20-10-9-19-21(24(20)28(44)47)14-31(35)29(48)43(17-7-5-16(37)6-8-17)30(49)32(31,36)25(19)15-3-2-4-18(45)13-15/h2-9,11-13,20-21,24-25,45H,10,14H2,1H3/t20-,21+,24-,25-,31+,32-/m0/s1. The second-order valence-electron chi connectivity index (χ2n) is 12.4. The first kappa shape index (κ1) is 33.3. The van der Waals surface area contributed by atoms with Crippen molar-refractivity contribution < 1.29 is 41.8 Å². The highest BCUT2D eigenvalue weighted by Gasteiger charge is 2.76. The molecular formula is C33H23Cl3F4N4O5. The molecule has 7 rings (SSSR count). The van der Waals surface area contributed by atoms with Gasteiger partial charge in [-0.3, -0.25) is 24.2 Å². The van der Waals surface area contributed by atoms with E-state index in [-0.39, 0.29) is 29.3 Å². The summed E-state index contributed by atoms with van der Waals surface area (Å²) < 4.78 is 54.4. The van der Waals surface area contributed by atoms with Crippen LogP contribution in [0.2, 0.25) is 5.02 Å². The number of hydrogen-bond acceptors (Lipinski definition) is 7. The number of allylic oxidation sites excluding steroid dienone is 2. The van der Waals surface area contributed by atoms with Gasteiger partial charge in [-0.1, -0.05) is 35.4 Å². The van der Waals surface area contributed by atoms with Gasteiger partial charge in [0.15, 0.2) is 15.6 Å². The third-order valence-electron chi connectivity index (χ3n) is 9.80. The first-order valence-electron chi connectivity index (χ1n) is 14.9. The smallest absolute Gasteiger partial charge is 0.433 e. The summed E-state index contributed by atoms with van der Waals surface area (Å²) in [6.45, 7) is 0. The van der Waals surface area contributed by atoms with E-state index >= 15 is 0 Å². The molecule has 3 aromatic rings. The number of benzene rings is 2. The molecule has 6 atom stereocenters. The lowest BCUT2D eigenvalue weighted by atomic mass is 9.56. The van der Waals surface area contributed by atoms with Gasteiger partial charge in [-0.05, 0) is 72.9 Å². The number of phenolic OH excluding ortho intramolecular Hbond substituents is 1. The van der Waals surface area contributed by atoms with Gasteiger partial charge in [0, 0.05) is 13.0 Å². The number of carbonyl (C=O) groups excluding carboxylic acids is 4. The number of fused-ring (bicyclic) bond motifs is 4. The van der Waals surface area contributed by atoms with Gasteiger partial charge < -0.3 is 5.11 Å². The lowest BCUT2D eigenvalue weighted by Crippen LogP contribution is -2.60. The number of hydrogen-bond donors (Lipinski definition) is 1. The molecule has 0 unspecified atom stereocenters. The van der Waals surface area contributed by atoms with Crippen LogP contribution in [-0.4, -0.2) is 55.5 Å². The van der Waals surface area contributed by atoms with Gasteiger partial charge in [-0.25, -0.2) is 14.3 Å². The van der Waals surface area contributed by atoms with Crippen molar-refractivity contribution in [2.75, 3.05) is 17.0 Å². The molecule has 3 fully saturated rings. The van der Waals surface area contributed by atoms with Crippen LogP contribution in [0, 0.1) is 23.6 Å². The first-order chi connectivity index (χ1) is 23.0. The summed E-state index contributed by atoms with van der Waals surface area (Å²) in [6, 6.07) is 12.0. The summed E-state index contributed by atoms with van der Waals surface area (Å²) in [5, 5.41) is 11.7. The predicted molar refractivity (Wildman–Crippen MR) is 169 cm³/mol. The van der Waals surface area contributed by atoms with Gasteiger partial charge in [0.2, 0.25) is 0 Å². The maximum atomic E-state index is 14.3. The van der Waals surface area contributed by atoms with Crippen LogP contribution in [-0.2, 0) is 25.4 Å². The number of aromatic nitrogens is 1. The third-order valence-corrected chi connectivity index (χ3v) is 11.5. The third kappa shape index (κ3) is 4.69. The van der Waals surface area contributed by atoms with Crippen molar-refractivity contribution in [1.82, 2.24) is 9.99 Å². The number of imide groups is 2. The maximum Gasteiger partial charge on any atom is 0.433 e. The van der Waals surface area contributed by atoms with Crippen molar-refractivity contribution >= 4 is 69.9 Å². The fourth-order valence-corrected chi connectivity index (χ4v) is 8.83. The van der Waals surface area contributed by atoms with E-state index in [1.807, 2.05) is 0 Å². The van der Waals surface area contributed by atoms with E-state index in [0.29, 0.717) is 22.2 Å². The molecule has 0 radical (unpaired) electrons. The summed E-state index contributed by atoms with van der Waals surface area (Å²) in [7, 11) is 1.18. The molecule has 4 aliphatic rings. The highest BCUT2D eigenvalue weighted by molar-refractivity contribution is 6.58. The number of nitrogens with zero attached hydrogens (tertiary/aromatic N) is 4. The molecular weight excluding hydrogens is 715 g/mol. The zero-order valence-corrected chi connectivity index (χ0v) is 27.4. The van der Waals surface area contributed by atoms with E-state index in [0.717, 1.165) is 28.1 Å². The van der Waals surface area contributed by atoms with Crippen LogP contribution in [0.3, 0.4) is 0 Å². The topological polar surface area (TPSA) is 111 Å². The Morgan fingerprint density at radius 3 is 2.31 bits per heavy atom. The van der Waals surface area contributed by atoms with Crippen molar-refractivity contribution in [3.63, 3.8) is 0 Å². The second-order valence-corrected chi connectivity index (χ2v) is 14.0. The molecule has 49 heavy (non-hydrogen) atoms. The summed E-state index contributed by atoms with van der Waals surface area (Å²) in [5.74, 6) is -9.08. The average molecular weight is 738 g/mol. The monoisotopic (exact) mass is 736 g/mol. The fourth-order valence-electron chi connectivity index (χ4n) is 7.67. The Morgan fingerprint density at radius 2 is 1.65 bits per heavy atom.